The zero-order valence-corrected chi connectivity index (χ0v) is 29.6. The quantitative estimate of drug-likeness (QED) is 0.162. The fraction of sp³-hybridized carbons (Fsp3) is 0. The van der Waals surface area contributed by atoms with Gasteiger partial charge in [-0.1, -0.05) is 188 Å². The highest BCUT2D eigenvalue weighted by atomic mass is 14.2. The van der Waals surface area contributed by atoms with Crippen LogP contribution in [0.5, 0.6) is 0 Å². The second-order valence-electron chi connectivity index (χ2n) is 14.4. The SMILES string of the molecule is c1ccc(-c2cc(-c3ccc(-c4ccc(-c5ccc6c7ccccc7c7ccccc7c6c5)cc4)cc3)cc3c4ccccc4c4ccccc4c23)cc1. The van der Waals surface area contributed by atoms with Gasteiger partial charge in [0.25, 0.3) is 0 Å². The van der Waals surface area contributed by atoms with Crippen molar-refractivity contribution in [2.75, 3.05) is 0 Å². The molecule has 0 saturated heterocycles. The Kier molecular flexibility index (Phi) is 6.97. The molecule has 11 aromatic carbocycles. The molecule has 0 aliphatic heterocycles. The summed E-state index contributed by atoms with van der Waals surface area (Å²) in [5, 5.41) is 15.6. The van der Waals surface area contributed by atoms with E-state index in [4.69, 9.17) is 0 Å². The van der Waals surface area contributed by atoms with Gasteiger partial charge in [0.1, 0.15) is 0 Å². The maximum absolute atomic E-state index is 2.40. The van der Waals surface area contributed by atoms with Crippen molar-refractivity contribution >= 4 is 64.6 Å². The molecule has 0 aliphatic carbocycles. The van der Waals surface area contributed by atoms with E-state index in [1.165, 1.54) is 109 Å². The van der Waals surface area contributed by atoms with Crippen molar-refractivity contribution in [3.63, 3.8) is 0 Å². The lowest BCUT2D eigenvalue weighted by molar-refractivity contribution is 1.59. The number of benzene rings is 11. The molecule has 0 N–H and O–H groups in total. The van der Waals surface area contributed by atoms with Crippen LogP contribution in [0.1, 0.15) is 0 Å². The zero-order valence-electron chi connectivity index (χ0n) is 29.6. The van der Waals surface area contributed by atoms with Crippen LogP contribution in [0.4, 0.5) is 0 Å². The molecule has 0 aromatic heterocycles. The first-order chi connectivity index (χ1) is 26.8. The van der Waals surface area contributed by atoms with Crippen molar-refractivity contribution in [1.82, 2.24) is 0 Å². The molecule has 0 amide bonds. The fourth-order valence-corrected chi connectivity index (χ4v) is 8.84. The van der Waals surface area contributed by atoms with Gasteiger partial charge in [-0.05, 0) is 127 Å². The van der Waals surface area contributed by atoms with E-state index >= 15 is 0 Å². The standard InChI is InChI=1S/C54H34/c1-2-12-39(13-3-1)51-33-41(34-53-48-20-9-7-17-45(48)46-18-10-11-21-50(46)54(51)53)38-28-24-36(25-29-38)35-22-26-37(27-23-35)40-30-31-49-44-16-5-4-14-42(44)43-15-6-8-19-47(43)52(49)32-40/h1-34H. The summed E-state index contributed by atoms with van der Waals surface area (Å²) in [5.41, 5.74) is 9.80. The molecule has 11 aromatic rings. The van der Waals surface area contributed by atoms with E-state index in [-0.39, 0.29) is 0 Å². The molecule has 11 rings (SSSR count). The summed E-state index contributed by atoms with van der Waals surface area (Å²) in [4.78, 5) is 0. The largest absolute Gasteiger partial charge is 0.0622 e. The monoisotopic (exact) mass is 682 g/mol. The molecule has 54 heavy (non-hydrogen) atoms. The molecule has 0 nitrogen and oxygen atoms in total. The van der Waals surface area contributed by atoms with E-state index < -0.39 is 0 Å². The van der Waals surface area contributed by atoms with Gasteiger partial charge in [0.05, 0.1) is 0 Å². The van der Waals surface area contributed by atoms with Gasteiger partial charge in [-0.2, -0.15) is 0 Å². The van der Waals surface area contributed by atoms with Crippen LogP contribution in [0.15, 0.2) is 206 Å². The molecule has 0 atom stereocenters. The maximum atomic E-state index is 2.40. The molecule has 0 unspecified atom stereocenters. The second-order valence-corrected chi connectivity index (χ2v) is 14.4. The van der Waals surface area contributed by atoms with Crippen LogP contribution in [-0.2, 0) is 0 Å². The summed E-state index contributed by atoms with van der Waals surface area (Å²) in [5.74, 6) is 0. The van der Waals surface area contributed by atoms with Crippen molar-refractivity contribution in [1.29, 1.82) is 0 Å². The van der Waals surface area contributed by atoms with Crippen LogP contribution in [0, 0.1) is 0 Å². The Bertz CT molecular complexity index is 3190. The van der Waals surface area contributed by atoms with Crippen molar-refractivity contribution in [3.05, 3.63) is 206 Å². The summed E-state index contributed by atoms with van der Waals surface area (Å²) in [6.07, 6.45) is 0. The normalized spacial score (nSPS) is 11.7. The Hall–Kier alpha value is -7.02. The maximum Gasteiger partial charge on any atom is -0.00199 e. The highest BCUT2D eigenvalue weighted by molar-refractivity contribution is 6.29. The third kappa shape index (κ3) is 4.85. The number of fused-ring (bicyclic) bond motifs is 12. The smallest absolute Gasteiger partial charge is 0.00199 e. The lowest BCUT2D eigenvalue weighted by atomic mass is 9.87. The summed E-state index contributed by atoms with van der Waals surface area (Å²) in [6, 6.07) is 76.0. The first-order valence-corrected chi connectivity index (χ1v) is 18.8. The number of rotatable bonds is 4. The van der Waals surface area contributed by atoms with Gasteiger partial charge < -0.3 is 0 Å². The van der Waals surface area contributed by atoms with Crippen molar-refractivity contribution < 1.29 is 0 Å². The Balaban J connectivity index is 0.985. The molecule has 0 heteroatoms. The third-order valence-electron chi connectivity index (χ3n) is 11.4. The van der Waals surface area contributed by atoms with Gasteiger partial charge in [0, 0.05) is 0 Å². The predicted molar refractivity (Wildman–Crippen MR) is 233 cm³/mol. The third-order valence-corrected chi connectivity index (χ3v) is 11.4. The van der Waals surface area contributed by atoms with E-state index in [2.05, 4.69) is 206 Å². The Morgan fingerprint density at radius 1 is 0.167 bits per heavy atom. The average Bonchev–Trinajstić information content (AvgIpc) is 3.26. The van der Waals surface area contributed by atoms with Crippen LogP contribution < -0.4 is 0 Å². The van der Waals surface area contributed by atoms with Crippen molar-refractivity contribution in [2.45, 2.75) is 0 Å². The molecule has 0 aliphatic rings. The number of hydrogen-bond acceptors (Lipinski definition) is 0. The summed E-state index contributed by atoms with van der Waals surface area (Å²) in [6.45, 7) is 0. The van der Waals surface area contributed by atoms with E-state index in [1.807, 2.05) is 0 Å². The minimum Gasteiger partial charge on any atom is -0.0622 e. The van der Waals surface area contributed by atoms with Crippen molar-refractivity contribution in [3.8, 4) is 44.5 Å². The van der Waals surface area contributed by atoms with Crippen LogP contribution in [0.2, 0.25) is 0 Å². The zero-order chi connectivity index (χ0) is 35.6. The van der Waals surface area contributed by atoms with Gasteiger partial charge in [0.2, 0.25) is 0 Å². The number of hydrogen-bond donors (Lipinski definition) is 0. The van der Waals surface area contributed by atoms with Gasteiger partial charge >= 0.3 is 0 Å². The first kappa shape index (κ1) is 30.6. The minimum atomic E-state index is 1.21. The van der Waals surface area contributed by atoms with E-state index in [0.717, 1.165) is 0 Å². The van der Waals surface area contributed by atoms with Gasteiger partial charge in [-0.15, -0.1) is 0 Å². The second kappa shape index (κ2) is 12.3. The first-order valence-electron chi connectivity index (χ1n) is 18.8. The minimum absolute atomic E-state index is 1.21. The van der Waals surface area contributed by atoms with E-state index in [9.17, 15) is 0 Å². The summed E-state index contributed by atoms with van der Waals surface area (Å²) < 4.78 is 0. The van der Waals surface area contributed by atoms with E-state index in [0.29, 0.717) is 0 Å². The summed E-state index contributed by atoms with van der Waals surface area (Å²) in [7, 11) is 0. The molecular formula is C54H34. The van der Waals surface area contributed by atoms with Gasteiger partial charge in [-0.25, -0.2) is 0 Å². The average molecular weight is 683 g/mol. The molecule has 0 spiro atoms. The Morgan fingerprint density at radius 3 is 1.02 bits per heavy atom. The van der Waals surface area contributed by atoms with Crippen LogP contribution >= 0.6 is 0 Å². The molecule has 250 valence electrons. The van der Waals surface area contributed by atoms with Crippen LogP contribution in [0.3, 0.4) is 0 Å². The van der Waals surface area contributed by atoms with Crippen LogP contribution in [-0.4, -0.2) is 0 Å². The molecule has 0 fully saturated rings. The lowest BCUT2D eigenvalue weighted by Crippen LogP contribution is -1.90. The molecule has 0 saturated carbocycles. The lowest BCUT2D eigenvalue weighted by Gasteiger charge is -2.17. The van der Waals surface area contributed by atoms with E-state index in [1.54, 1.807) is 0 Å². The van der Waals surface area contributed by atoms with Gasteiger partial charge in [0.15, 0.2) is 0 Å². The highest BCUT2D eigenvalue weighted by Gasteiger charge is 2.16. The Labute approximate surface area is 314 Å². The topological polar surface area (TPSA) is 0 Å². The van der Waals surface area contributed by atoms with Crippen molar-refractivity contribution in [2.24, 2.45) is 0 Å². The summed E-state index contributed by atoms with van der Waals surface area (Å²) >= 11 is 0. The molecular weight excluding hydrogens is 649 g/mol. The predicted octanol–water partition coefficient (Wildman–Crippen LogP) is 15.3. The molecule has 0 bridgehead atoms. The molecule has 0 heterocycles. The van der Waals surface area contributed by atoms with Gasteiger partial charge in [-0.3, -0.25) is 0 Å². The molecule has 0 radical (unpaired) electrons. The highest BCUT2D eigenvalue weighted by Crippen LogP contribution is 2.43. The fourth-order valence-electron chi connectivity index (χ4n) is 8.84. The van der Waals surface area contributed by atoms with Crippen LogP contribution in [0.25, 0.3) is 109 Å². The Morgan fingerprint density at radius 2 is 0.500 bits per heavy atom.